The van der Waals surface area contributed by atoms with Crippen molar-refractivity contribution in [2.45, 2.75) is 38.3 Å². The number of primary amides is 1. The summed E-state index contributed by atoms with van der Waals surface area (Å²) in [5, 5.41) is 44.9. The fraction of sp³-hybridized carbons (Fsp3) is 0.323. The number of nitrogens with zero attached hydrogens (tertiary/aromatic N) is 1. The second-order valence-electron chi connectivity index (χ2n) is 11.1. The topological polar surface area (TPSA) is 161 Å². The van der Waals surface area contributed by atoms with Crippen molar-refractivity contribution in [3.8, 4) is 5.75 Å². The first kappa shape index (κ1) is 27.4. The van der Waals surface area contributed by atoms with Gasteiger partial charge in [-0.25, -0.2) is 0 Å². The van der Waals surface area contributed by atoms with E-state index in [0.717, 1.165) is 22.3 Å². The molecule has 0 radical (unpaired) electrons. The molecule has 0 spiro atoms. The minimum Gasteiger partial charge on any atom is -0.508 e. The van der Waals surface area contributed by atoms with Crippen LogP contribution in [0.1, 0.15) is 41.2 Å². The zero-order valence-electron chi connectivity index (χ0n) is 22.7. The lowest BCUT2D eigenvalue weighted by molar-refractivity contribution is -0.153. The third-order valence-electron chi connectivity index (χ3n) is 8.59. The van der Waals surface area contributed by atoms with Crippen molar-refractivity contribution in [2.24, 2.45) is 17.6 Å². The summed E-state index contributed by atoms with van der Waals surface area (Å²) in [5.41, 5.74) is 6.18. The molecule has 4 atom stereocenters. The molecule has 1 saturated carbocycles. The number of allylic oxidation sites excluding steroid dienone is 1. The van der Waals surface area contributed by atoms with Crippen molar-refractivity contribution in [2.75, 3.05) is 14.1 Å². The van der Waals surface area contributed by atoms with Crippen molar-refractivity contribution in [1.82, 2.24) is 4.90 Å². The molecular weight excluding hydrogens is 512 g/mol. The van der Waals surface area contributed by atoms with Crippen LogP contribution >= 0.6 is 0 Å². The van der Waals surface area contributed by atoms with Gasteiger partial charge in [0, 0.05) is 11.5 Å². The lowest BCUT2D eigenvalue weighted by atomic mass is 9.57. The smallest absolute Gasteiger partial charge is 0.255 e. The fourth-order valence-electron chi connectivity index (χ4n) is 6.67. The van der Waals surface area contributed by atoms with E-state index >= 15 is 0 Å². The molecule has 0 aliphatic heterocycles. The van der Waals surface area contributed by atoms with E-state index in [0.29, 0.717) is 5.56 Å². The standard InChI is InChI=1S/C31H32N2O7/c1-14-7-5-6-8-16(14)11-15(2)18-9-10-21(34)23-19(18)12-17-13-20-25(33(3)4)27(36)24(30(32)39)29(38)31(20,40)28(37)22(17)26(23)35/h5-11,17,20,25,34-35,38,40H,12-13H2,1-4H3,(H2,32,39)/b15-11+/t17-,20-,25-,31-/m0/s1. The van der Waals surface area contributed by atoms with Crippen LogP contribution in [0, 0.1) is 18.8 Å². The number of fused-ring (bicyclic) bond motifs is 3. The molecule has 3 aliphatic carbocycles. The number of ketones is 2. The van der Waals surface area contributed by atoms with E-state index in [-0.39, 0.29) is 29.7 Å². The van der Waals surface area contributed by atoms with Gasteiger partial charge in [0.15, 0.2) is 11.4 Å². The number of amides is 1. The largest absolute Gasteiger partial charge is 0.508 e. The molecule has 1 amide bonds. The lowest BCUT2D eigenvalue weighted by Crippen LogP contribution is -2.65. The summed E-state index contributed by atoms with van der Waals surface area (Å²) in [6, 6.07) is 9.96. The first-order valence-electron chi connectivity index (χ1n) is 13.0. The monoisotopic (exact) mass is 544 g/mol. The number of aliphatic hydroxyl groups excluding tert-OH is 2. The van der Waals surface area contributed by atoms with Crippen LogP contribution < -0.4 is 5.73 Å². The number of benzene rings is 2. The number of carbonyl (C=O) groups excluding carboxylic acids is 3. The second-order valence-corrected chi connectivity index (χ2v) is 11.1. The number of Topliss-reactive ketones (excluding diaryl/α,β-unsaturated/α-hetero) is 2. The van der Waals surface area contributed by atoms with Crippen LogP contribution in [-0.4, -0.2) is 68.5 Å². The van der Waals surface area contributed by atoms with E-state index in [1.165, 1.54) is 11.0 Å². The quantitative estimate of drug-likeness (QED) is 0.290. The number of hydrogen-bond acceptors (Lipinski definition) is 8. The molecule has 0 aromatic heterocycles. The van der Waals surface area contributed by atoms with Crippen LogP contribution in [-0.2, 0) is 20.8 Å². The molecule has 40 heavy (non-hydrogen) atoms. The van der Waals surface area contributed by atoms with E-state index in [4.69, 9.17) is 5.73 Å². The maximum atomic E-state index is 14.0. The van der Waals surface area contributed by atoms with Crippen LogP contribution in [0.15, 0.2) is 53.3 Å². The number of nitrogens with two attached hydrogens (primary N) is 1. The number of rotatable bonds is 4. The van der Waals surface area contributed by atoms with Gasteiger partial charge >= 0.3 is 0 Å². The number of phenols is 1. The van der Waals surface area contributed by atoms with Gasteiger partial charge in [-0.05, 0) is 80.6 Å². The molecule has 208 valence electrons. The van der Waals surface area contributed by atoms with E-state index in [1.807, 2.05) is 44.2 Å². The normalized spacial score (nSPS) is 26.6. The zero-order chi connectivity index (χ0) is 29.3. The van der Waals surface area contributed by atoms with Gasteiger partial charge in [-0.15, -0.1) is 0 Å². The SMILES string of the molecule is C/C(=C\c1ccccc1C)c1ccc(O)c2c1C[C@H]1C[C@H]3[C@H](N(C)C)C(=O)C(C(N)=O)=C(O)[C@@]3(O)C(=O)C1=C2O. The number of phenolic OH excluding ortho intramolecular Hbond substituents is 1. The molecule has 9 nitrogen and oxygen atoms in total. The minimum atomic E-state index is -2.65. The number of aliphatic hydroxyl groups is 3. The Kier molecular flexibility index (Phi) is 6.47. The van der Waals surface area contributed by atoms with Gasteiger partial charge in [0.05, 0.1) is 11.6 Å². The Balaban J connectivity index is 1.70. The predicted octanol–water partition coefficient (Wildman–Crippen LogP) is 2.83. The first-order valence-corrected chi connectivity index (χ1v) is 13.0. The summed E-state index contributed by atoms with van der Waals surface area (Å²) in [5.74, 6) is -6.65. The van der Waals surface area contributed by atoms with E-state index < -0.39 is 58.0 Å². The highest BCUT2D eigenvalue weighted by molar-refractivity contribution is 6.24. The van der Waals surface area contributed by atoms with Gasteiger partial charge in [0.1, 0.15) is 22.8 Å². The summed E-state index contributed by atoms with van der Waals surface area (Å²) >= 11 is 0. The summed E-state index contributed by atoms with van der Waals surface area (Å²) in [6.45, 7) is 3.93. The lowest BCUT2D eigenvalue weighted by Gasteiger charge is -2.50. The van der Waals surface area contributed by atoms with Crippen LogP contribution in [0.2, 0.25) is 0 Å². The Morgan fingerprint density at radius 2 is 1.77 bits per heavy atom. The molecule has 0 heterocycles. The van der Waals surface area contributed by atoms with Gasteiger partial charge in [0.2, 0.25) is 5.78 Å². The molecule has 0 saturated heterocycles. The average Bonchev–Trinajstić information content (AvgIpc) is 2.87. The van der Waals surface area contributed by atoms with E-state index in [2.05, 4.69) is 0 Å². The third kappa shape index (κ3) is 3.80. The predicted molar refractivity (Wildman–Crippen MR) is 149 cm³/mol. The van der Waals surface area contributed by atoms with Crippen molar-refractivity contribution in [1.29, 1.82) is 0 Å². The van der Waals surface area contributed by atoms with Gasteiger partial charge in [-0.1, -0.05) is 36.4 Å². The number of aromatic hydroxyl groups is 1. The first-order chi connectivity index (χ1) is 18.8. The summed E-state index contributed by atoms with van der Waals surface area (Å²) in [6.07, 6.45) is 2.29. The Morgan fingerprint density at radius 1 is 1.10 bits per heavy atom. The molecule has 0 bridgehead atoms. The fourth-order valence-corrected chi connectivity index (χ4v) is 6.67. The van der Waals surface area contributed by atoms with E-state index in [1.54, 1.807) is 20.2 Å². The Bertz CT molecular complexity index is 1580. The molecule has 9 heteroatoms. The molecule has 2 aromatic carbocycles. The molecule has 3 aliphatic rings. The van der Waals surface area contributed by atoms with Crippen LogP contribution in [0.4, 0.5) is 0 Å². The van der Waals surface area contributed by atoms with Gasteiger partial charge in [-0.2, -0.15) is 0 Å². The molecule has 5 rings (SSSR count). The molecule has 1 fully saturated rings. The maximum Gasteiger partial charge on any atom is 0.255 e. The Hall–Kier alpha value is -4.21. The molecule has 0 unspecified atom stereocenters. The van der Waals surface area contributed by atoms with Crippen LogP contribution in [0.3, 0.4) is 0 Å². The average molecular weight is 545 g/mol. The number of carbonyl (C=O) groups is 3. The van der Waals surface area contributed by atoms with Crippen molar-refractivity contribution >= 4 is 34.9 Å². The van der Waals surface area contributed by atoms with Crippen molar-refractivity contribution < 1.29 is 34.8 Å². The number of likely N-dealkylation sites (N-methyl/N-ethyl adjacent to an activating group) is 1. The highest BCUT2D eigenvalue weighted by atomic mass is 16.3. The highest BCUT2D eigenvalue weighted by Crippen LogP contribution is 2.53. The molecule has 2 aromatic rings. The minimum absolute atomic E-state index is 0.0431. The van der Waals surface area contributed by atoms with Crippen LogP contribution in [0.25, 0.3) is 17.4 Å². The summed E-state index contributed by atoms with van der Waals surface area (Å²) in [7, 11) is 3.15. The van der Waals surface area contributed by atoms with Gasteiger partial charge < -0.3 is 26.2 Å². The number of hydrogen-bond donors (Lipinski definition) is 5. The Labute approximate surface area is 231 Å². The van der Waals surface area contributed by atoms with Crippen molar-refractivity contribution in [3.05, 3.63) is 81.1 Å². The van der Waals surface area contributed by atoms with Gasteiger partial charge in [-0.3, -0.25) is 19.3 Å². The maximum absolute atomic E-state index is 14.0. The summed E-state index contributed by atoms with van der Waals surface area (Å²) in [4.78, 5) is 40.8. The number of aryl methyl sites for hydroxylation is 1. The third-order valence-corrected chi connectivity index (χ3v) is 8.59. The second kappa shape index (κ2) is 9.46. The van der Waals surface area contributed by atoms with Crippen LogP contribution in [0.5, 0.6) is 5.75 Å². The molecular formula is C31H32N2O7. The zero-order valence-corrected chi connectivity index (χ0v) is 22.7. The van der Waals surface area contributed by atoms with Crippen molar-refractivity contribution in [3.63, 3.8) is 0 Å². The van der Waals surface area contributed by atoms with E-state index in [9.17, 15) is 34.8 Å². The van der Waals surface area contributed by atoms with Gasteiger partial charge in [0.25, 0.3) is 5.91 Å². The summed E-state index contributed by atoms with van der Waals surface area (Å²) < 4.78 is 0. The Morgan fingerprint density at radius 3 is 2.40 bits per heavy atom. The molecule has 6 N–H and O–H groups in total. The highest BCUT2D eigenvalue weighted by Gasteiger charge is 2.64.